The number of benzene rings is 3. The molecule has 0 spiro atoms. The summed E-state index contributed by atoms with van der Waals surface area (Å²) in [6.07, 6.45) is -0.790. The highest BCUT2D eigenvalue weighted by molar-refractivity contribution is 8.14. The summed E-state index contributed by atoms with van der Waals surface area (Å²) >= 11 is 1.19. The molecule has 2 atom stereocenters. The van der Waals surface area contributed by atoms with E-state index in [1.54, 1.807) is 12.1 Å². The van der Waals surface area contributed by atoms with Crippen LogP contribution in [-0.2, 0) is 0 Å². The summed E-state index contributed by atoms with van der Waals surface area (Å²) in [5.41, 5.74) is 10.9. The van der Waals surface area contributed by atoms with Gasteiger partial charge in [0.05, 0.1) is 11.1 Å². The number of anilines is 1. The largest absolute Gasteiger partial charge is 0.398 e. The fourth-order valence-corrected chi connectivity index (χ4v) is 4.13. The Labute approximate surface area is 175 Å². The highest BCUT2D eigenvalue weighted by atomic mass is 32.2. The van der Waals surface area contributed by atoms with E-state index >= 15 is 0 Å². The van der Waals surface area contributed by atoms with Gasteiger partial charge in [-0.15, -0.1) is 0 Å². The number of nitrogen functional groups attached to an aromatic ring is 1. The summed E-state index contributed by atoms with van der Waals surface area (Å²) in [6.45, 7) is 3.99. The molecule has 0 aromatic heterocycles. The Morgan fingerprint density at radius 2 is 1.76 bits per heavy atom. The second kappa shape index (κ2) is 8.95. The van der Waals surface area contributed by atoms with Crippen molar-refractivity contribution in [2.24, 2.45) is 0 Å². The SMILES string of the molecule is Cc1ccc(C(O)c2cccc(C(C#N)C(=N)Sc3ccccc3N)c2)c(C)c1. The highest BCUT2D eigenvalue weighted by Gasteiger charge is 2.21. The number of nitrogens with zero attached hydrogens (tertiary/aromatic N) is 1. The molecule has 4 N–H and O–H groups in total. The Hall–Kier alpha value is -3.07. The average molecular weight is 402 g/mol. The van der Waals surface area contributed by atoms with E-state index in [1.807, 2.05) is 68.4 Å². The number of nitriles is 1. The Morgan fingerprint density at radius 1 is 1.03 bits per heavy atom. The first kappa shape index (κ1) is 20.7. The molecular weight excluding hydrogens is 378 g/mol. The first-order valence-electron chi connectivity index (χ1n) is 9.26. The van der Waals surface area contributed by atoms with Gasteiger partial charge in [0.15, 0.2) is 0 Å². The minimum atomic E-state index is -0.790. The number of para-hydroxylation sites is 1. The summed E-state index contributed by atoms with van der Waals surface area (Å²) in [4.78, 5) is 0.754. The monoisotopic (exact) mass is 401 g/mol. The fourth-order valence-electron chi connectivity index (χ4n) is 3.26. The molecule has 0 radical (unpaired) electrons. The second-order valence-electron chi connectivity index (χ2n) is 7.00. The van der Waals surface area contributed by atoms with Crippen LogP contribution in [0.5, 0.6) is 0 Å². The van der Waals surface area contributed by atoms with Gasteiger partial charge in [-0.3, -0.25) is 5.41 Å². The molecule has 3 aromatic carbocycles. The molecule has 3 aromatic rings. The van der Waals surface area contributed by atoms with Crippen molar-refractivity contribution in [1.82, 2.24) is 0 Å². The van der Waals surface area contributed by atoms with Crippen molar-refractivity contribution in [3.8, 4) is 6.07 Å². The summed E-state index contributed by atoms with van der Waals surface area (Å²) in [7, 11) is 0. The minimum absolute atomic E-state index is 0.198. The third-order valence-electron chi connectivity index (χ3n) is 4.81. The first-order chi connectivity index (χ1) is 13.9. The van der Waals surface area contributed by atoms with Crippen molar-refractivity contribution in [2.75, 3.05) is 5.73 Å². The van der Waals surface area contributed by atoms with Gasteiger partial charge < -0.3 is 10.8 Å². The standard InChI is InChI=1S/C24H23N3OS/c1-15-10-11-19(16(2)12-15)23(28)18-7-5-6-17(13-18)20(14-25)24(27)29-22-9-4-3-8-21(22)26/h3-13,20,23,27-28H,26H2,1-2H3. The van der Waals surface area contributed by atoms with Crippen molar-refractivity contribution < 1.29 is 5.11 Å². The molecule has 0 fully saturated rings. The van der Waals surface area contributed by atoms with Gasteiger partial charge in [0.25, 0.3) is 0 Å². The molecule has 2 unspecified atom stereocenters. The molecule has 146 valence electrons. The van der Waals surface area contributed by atoms with Gasteiger partial charge in [0, 0.05) is 10.6 Å². The Morgan fingerprint density at radius 3 is 2.45 bits per heavy atom. The van der Waals surface area contributed by atoms with Gasteiger partial charge in [-0.25, -0.2) is 0 Å². The maximum Gasteiger partial charge on any atom is 0.119 e. The summed E-state index contributed by atoms with van der Waals surface area (Å²) in [5, 5.41) is 29.3. The van der Waals surface area contributed by atoms with E-state index in [9.17, 15) is 10.4 Å². The van der Waals surface area contributed by atoms with Crippen molar-refractivity contribution in [1.29, 1.82) is 10.7 Å². The Balaban J connectivity index is 1.87. The molecule has 0 bridgehead atoms. The Kier molecular flexibility index (Phi) is 6.38. The van der Waals surface area contributed by atoms with E-state index in [1.165, 1.54) is 11.8 Å². The number of aliphatic hydroxyl groups is 1. The van der Waals surface area contributed by atoms with Gasteiger partial charge in [-0.05, 0) is 48.2 Å². The number of aliphatic hydroxyl groups excluding tert-OH is 1. The fraction of sp³-hybridized carbons (Fsp3) is 0.167. The molecular formula is C24H23N3OS. The van der Waals surface area contributed by atoms with Crippen LogP contribution in [0.25, 0.3) is 0 Å². The number of aryl methyl sites for hydroxylation is 2. The van der Waals surface area contributed by atoms with Crippen LogP contribution in [0.3, 0.4) is 0 Å². The van der Waals surface area contributed by atoms with Crippen molar-refractivity contribution in [3.63, 3.8) is 0 Å². The molecule has 0 amide bonds. The zero-order chi connectivity index (χ0) is 21.0. The number of thioether (sulfide) groups is 1. The molecule has 29 heavy (non-hydrogen) atoms. The second-order valence-corrected chi connectivity index (χ2v) is 8.08. The van der Waals surface area contributed by atoms with E-state index in [2.05, 4.69) is 6.07 Å². The molecule has 0 saturated carbocycles. The van der Waals surface area contributed by atoms with Gasteiger partial charge in [0.1, 0.15) is 12.0 Å². The first-order valence-corrected chi connectivity index (χ1v) is 10.1. The molecule has 0 aliphatic heterocycles. The van der Waals surface area contributed by atoms with E-state index < -0.39 is 12.0 Å². The van der Waals surface area contributed by atoms with E-state index in [0.717, 1.165) is 21.6 Å². The molecule has 3 rings (SSSR count). The van der Waals surface area contributed by atoms with Gasteiger partial charge in [0.2, 0.25) is 0 Å². The van der Waals surface area contributed by atoms with E-state index in [4.69, 9.17) is 11.1 Å². The summed E-state index contributed by atoms with van der Waals surface area (Å²) in [6, 6.07) is 22.7. The predicted octanol–water partition coefficient (Wildman–Crippen LogP) is 5.34. The number of hydrogen-bond acceptors (Lipinski definition) is 5. The normalized spacial score (nSPS) is 12.8. The molecule has 4 nitrogen and oxygen atoms in total. The van der Waals surface area contributed by atoms with Gasteiger partial charge in [-0.1, -0.05) is 71.9 Å². The Bertz CT molecular complexity index is 1090. The molecule has 5 heteroatoms. The van der Waals surface area contributed by atoms with Crippen LogP contribution in [0, 0.1) is 30.6 Å². The van der Waals surface area contributed by atoms with Crippen molar-refractivity contribution in [3.05, 3.63) is 94.5 Å². The molecule has 0 aliphatic carbocycles. The van der Waals surface area contributed by atoms with Crippen LogP contribution in [-0.4, -0.2) is 10.2 Å². The topological polar surface area (TPSA) is 93.9 Å². The lowest BCUT2D eigenvalue weighted by atomic mass is 9.92. The van der Waals surface area contributed by atoms with Crippen molar-refractivity contribution in [2.45, 2.75) is 30.8 Å². The zero-order valence-corrected chi connectivity index (χ0v) is 17.2. The smallest absolute Gasteiger partial charge is 0.119 e. The van der Waals surface area contributed by atoms with Crippen LogP contribution < -0.4 is 5.73 Å². The molecule has 0 aliphatic rings. The van der Waals surface area contributed by atoms with Crippen LogP contribution in [0.1, 0.15) is 39.8 Å². The van der Waals surface area contributed by atoms with Crippen LogP contribution in [0.15, 0.2) is 71.6 Å². The minimum Gasteiger partial charge on any atom is -0.398 e. The third-order valence-corrected chi connectivity index (χ3v) is 5.86. The van der Waals surface area contributed by atoms with Gasteiger partial charge >= 0.3 is 0 Å². The highest BCUT2D eigenvalue weighted by Crippen LogP contribution is 2.33. The van der Waals surface area contributed by atoms with Gasteiger partial charge in [-0.2, -0.15) is 5.26 Å². The van der Waals surface area contributed by atoms with E-state index in [-0.39, 0.29) is 5.04 Å². The third kappa shape index (κ3) is 4.68. The lowest BCUT2D eigenvalue weighted by Crippen LogP contribution is -2.09. The number of hydrogen-bond donors (Lipinski definition) is 3. The van der Waals surface area contributed by atoms with E-state index in [0.29, 0.717) is 16.8 Å². The zero-order valence-electron chi connectivity index (χ0n) is 16.4. The average Bonchev–Trinajstić information content (AvgIpc) is 2.70. The maximum atomic E-state index is 10.9. The number of nitrogens with one attached hydrogen (secondary N) is 1. The van der Waals surface area contributed by atoms with Crippen molar-refractivity contribution >= 4 is 22.5 Å². The van der Waals surface area contributed by atoms with Crippen LogP contribution in [0.4, 0.5) is 5.69 Å². The number of nitrogens with two attached hydrogens (primary N) is 1. The lowest BCUT2D eigenvalue weighted by molar-refractivity contribution is 0.219. The maximum absolute atomic E-state index is 10.9. The molecule has 0 heterocycles. The summed E-state index contributed by atoms with van der Waals surface area (Å²) in [5.74, 6) is -0.731. The van der Waals surface area contributed by atoms with Crippen LogP contribution >= 0.6 is 11.8 Å². The molecule has 0 saturated heterocycles. The van der Waals surface area contributed by atoms with Crippen LogP contribution in [0.2, 0.25) is 0 Å². The predicted molar refractivity (Wildman–Crippen MR) is 119 cm³/mol. The number of rotatable bonds is 5. The quantitative estimate of drug-likeness (QED) is 0.233. The lowest BCUT2D eigenvalue weighted by Gasteiger charge is -2.17. The summed E-state index contributed by atoms with van der Waals surface area (Å²) < 4.78 is 0.